The number of hydrogen-bond donors (Lipinski definition) is 0. The van der Waals surface area contributed by atoms with Crippen LogP contribution in [0.25, 0.3) is 0 Å². The normalized spacial score (nSPS) is 19.5. The molecule has 2 aromatic carbocycles. The highest BCUT2D eigenvalue weighted by Gasteiger charge is 2.23. The van der Waals surface area contributed by atoms with Crippen LogP contribution < -0.4 is 0 Å². The zero-order chi connectivity index (χ0) is 16.2. The summed E-state index contributed by atoms with van der Waals surface area (Å²) in [6, 6.07) is 15.5. The molecule has 3 rings (SSSR count). The molecule has 0 heterocycles. The average molecular weight is 309 g/mol. The second-order valence-electron chi connectivity index (χ2n) is 5.39. The maximum absolute atomic E-state index is 12.1. The lowest BCUT2D eigenvalue weighted by molar-refractivity contribution is -0.384. The van der Waals surface area contributed by atoms with E-state index in [0.29, 0.717) is 12.0 Å². The number of carbonyl (C=O) groups excluding carboxylic acids is 1. The number of hydrogen-bond acceptors (Lipinski definition) is 4. The molecule has 0 saturated carbocycles. The first-order valence-corrected chi connectivity index (χ1v) is 7.32. The van der Waals surface area contributed by atoms with Gasteiger partial charge in [-0.3, -0.25) is 10.1 Å². The van der Waals surface area contributed by atoms with Crippen molar-refractivity contribution in [1.29, 1.82) is 0 Å². The SMILES string of the molecule is O=C(O[C@@H]1C=C[C@H](c2ccccc2)C1)c1ccc([N+](=O)[O-])cc1. The van der Waals surface area contributed by atoms with Crippen LogP contribution in [0.5, 0.6) is 0 Å². The predicted molar refractivity (Wildman–Crippen MR) is 85.2 cm³/mol. The van der Waals surface area contributed by atoms with E-state index in [9.17, 15) is 14.9 Å². The number of nitro benzene ring substituents is 1. The molecule has 0 N–H and O–H groups in total. The average Bonchev–Trinajstić information content (AvgIpc) is 3.04. The fourth-order valence-electron chi connectivity index (χ4n) is 2.63. The topological polar surface area (TPSA) is 69.4 Å². The molecule has 2 aromatic rings. The van der Waals surface area contributed by atoms with Crippen molar-refractivity contribution in [1.82, 2.24) is 0 Å². The quantitative estimate of drug-likeness (QED) is 0.372. The van der Waals surface area contributed by atoms with Crippen molar-refractivity contribution in [2.75, 3.05) is 0 Å². The van der Waals surface area contributed by atoms with Crippen LogP contribution in [0.2, 0.25) is 0 Å². The Hall–Kier alpha value is -2.95. The minimum absolute atomic E-state index is 0.0496. The van der Waals surface area contributed by atoms with Gasteiger partial charge in [-0.15, -0.1) is 0 Å². The molecule has 0 aliphatic heterocycles. The molecular weight excluding hydrogens is 294 g/mol. The van der Waals surface area contributed by atoms with Crippen LogP contribution in [0, 0.1) is 10.1 Å². The number of ether oxygens (including phenoxy) is 1. The summed E-state index contributed by atoms with van der Waals surface area (Å²) in [7, 11) is 0. The highest BCUT2D eigenvalue weighted by atomic mass is 16.6. The zero-order valence-electron chi connectivity index (χ0n) is 12.3. The molecule has 2 atom stereocenters. The van der Waals surface area contributed by atoms with Crippen molar-refractivity contribution in [3.63, 3.8) is 0 Å². The van der Waals surface area contributed by atoms with E-state index in [-0.39, 0.29) is 17.7 Å². The van der Waals surface area contributed by atoms with Crippen LogP contribution in [0.4, 0.5) is 5.69 Å². The van der Waals surface area contributed by atoms with Crippen molar-refractivity contribution < 1.29 is 14.5 Å². The van der Waals surface area contributed by atoms with Gasteiger partial charge in [0.05, 0.1) is 10.5 Å². The molecule has 116 valence electrons. The summed E-state index contributed by atoms with van der Waals surface area (Å²) < 4.78 is 5.45. The van der Waals surface area contributed by atoms with Gasteiger partial charge in [-0.25, -0.2) is 4.79 Å². The van der Waals surface area contributed by atoms with Crippen molar-refractivity contribution in [2.45, 2.75) is 18.4 Å². The fourth-order valence-corrected chi connectivity index (χ4v) is 2.63. The maximum atomic E-state index is 12.1. The van der Waals surface area contributed by atoms with Gasteiger partial charge in [0.25, 0.3) is 5.69 Å². The zero-order valence-corrected chi connectivity index (χ0v) is 12.3. The summed E-state index contributed by atoms with van der Waals surface area (Å²) in [6.45, 7) is 0. The maximum Gasteiger partial charge on any atom is 0.338 e. The van der Waals surface area contributed by atoms with E-state index in [1.807, 2.05) is 30.4 Å². The summed E-state index contributed by atoms with van der Waals surface area (Å²) in [5.41, 5.74) is 1.45. The van der Waals surface area contributed by atoms with Crippen LogP contribution in [0.15, 0.2) is 66.7 Å². The minimum atomic E-state index is -0.501. The number of nitro groups is 1. The molecule has 5 nitrogen and oxygen atoms in total. The molecule has 1 aliphatic rings. The Morgan fingerprint density at radius 2 is 1.74 bits per heavy atom. The van der Waals surface area contributed by atoms with Gasteiger partial charge in [-0.1, -0.05) is 36.4 Å². The van der Waals surface area contributed by atoms with Crippen LogP contribution in [-0.4, -0.2) is 17.0 Å². The Bertz CT molecular complexity index is 737. The summed E-state index contributed by atoms with van der Waals surface area (Å²) in [4.78, 5) is 22.2. The lowest BCUT2D eigenvalue weighted by atomic mass is 9.98. The highest BCUT2D eigenvalue weighted by Crippen LogP contribution is 2.30. The number of nitrogens with zero attached hydrogens (tertiary/aromatic N) is 1. The van der Waals surface area contributed by atoms with Gasteiger partial charge >= 0.3 is 5.97 Å². The number of allylic oxidation sites excluding steroid dienone is 1. The molecule has 0 fully saturated rings. The number of benzene rings is 2. The minimum Gasteiger partial charge on any atom is -0.455 e. The van der Waals surface area contributed by atoms with Crippen LogP contribution >= 0.6 is 0 Å². The molecule has 5 heteroatoms. The van der Waals surface area contributed by atoms with Crippen molar-refractivity contribution >= 4 is 11.7 Å². The summed E-state index contributed by atoms with van der Waals surface area (Å²) in [6.07, 6.45) is 4.37. The van der Waals surface area contributed by atoms with Gasteiger partial charge in [0, 0.05) is 18.1 Å². The molecule has 0 spiro atoms. The van der Waals surface area contributed by atoms with E-state index in [1.54, 1.807) is 0 Å². The molecule has 23 heavy (non-hydrogen) atoms. The summed E-state index contributed by atoms with van der Waals surface area (Å²) in [5, 5.41) is 10.6. The van der Waals surface area contributed by atoms with Gasteiger partial charge in [0.2, 0.25) is 0 Å². The Kier molecular flexibility index (Phi) is 4.19. The molecule has 0 saturated heterocycles. The summed E-state index contributed by atoms with van der Waals surface area (Å²) >= 11 is 0. The fraction of sp³-hybridized carbons (Fsp3) is 0.167. The van der Waals surface area contributed by atoms with E-state index in [4.69, 9.17) is 4.74 Å². The van der Waals surface area contributed by atoms with Gasteiger partial charge in [-0.2, -0.15) is 0 Å². The first-order valence-electron chi connectivity index (χ1n) is 7.32. The standard InChI is InChI=1S/C18H15NO4/c20-18(14-6-9-16(10-7-14)19(21)22)23-17-11-8-15(12-17)13-4-2-1-3-5-13/h1-11,15,17H,12H2/t15-,17+/m0/s1. The van der Waals surface area contributed by atoms with Crippen LogP contribution in [0.3, 0.4) is 0 Å². The second-order valence-corrected chi connectivity index (χ2v) is 5.39. The highest BCUT2D eigenvalue weighted by molar-refractivity contribution is 5.89. The lowest BCUT2D eigenvalue weighted by Gasteiger charge is -2.13. The van der Waals surface area contributed by atoms with E-state index in [1.165, 1.54) is 29.8 Å². The number of carbonyl (C=O) groups is 1. The third-order valence-corrected chi connectivity index (χ3v) is 3.84. The Morgan fingerprint density at radius 3 is 2.39 bits per heavy atom. The molecule has 0 amide bonds. The molecule has 0 radical (unpaired) electrons. The van der Waals surface area contributed by atoms with Gasteiger partial charge in [0.15, 0.2) is 0 Å². The van der Waals surface area contributed by atoms with Crippen molar-refractivity contribution in [3.8, 4) is 0 Å². The van der Waals surface area contributed by atoms with Gasteiger partial charge in [-0.05, 0) is 30.2 Å². The van der Waals surface area contributed by atoms with Crippen LogP contribution in [0.1, 0.15) is 28.3 Å². The Morgan fingerprint density at radius 1 is 1.04 bits per heavy atom. The number of non-ortho nitro benzene ring substituents is 1. The van der Waals surface area contributed by atoms with E-state index >= 15 is 0 Å². The van der Waals surface area contributed by atoms with E-state index < -0.39 is 10.9 Å². The van der Waals surface area contributed by atoms with E-state index in [0.717, 1.165) is 0 Å². The third-order valence-electron chi connectivity index (χ3n) is 3.84. The number of esters is 1. The first-order chi connectivity index (χ1) is 11.1. The molecule has 0 bridgehead atoms. The predicted octanol–water partition coefficient (Wildman–Crippen LogP) is 3.86. The molecule has 0 aromatic heterocycles. The number of rotatable bonds is 4. The molecule has 1 aliphatic carbocycles. The smallest absolute Gasteiger partial charge is 0.338 e. The van der Waals surface area contributed by atoms with Crippen LogP contribution in [-0.2, 0) is 4.74 Å². The monoisotopic (exact) mass is 309 g/mol. The van der Waals surface area contributed by atoms with Crippen molar-refractivity contribution in [2.24, 2.45) is 0 Å². The van der Waals surface area contributed by atoms with Gasteiger partial charge in [0.1, 0.15) is 6.10 Å². The first kappa shape index (κ1) is 15.0. The Balaban J connectivity index is 1.61. The van der Waals surface area contributed by atoms with Gasteiger partial charge < -0.3 is 4.74 Å². The molecule has 0 unspecified atom stereocenters. The second kappa shape index (κ2) is 6.44. The largest absolute Gasteiger partial charge is 0.455 e. The van der Waals surface area contributed by atoms with Crippen molar-refractivity contribution in [3.05, 3.63) is 88.0 Å². The molecular formula is C18H15NO4. The lowest BCUT2D eigenvalue weighted by Crippen LogP contribution is -2.15. The van der Waals surface area contributed by atoms with E-state index in [2.05, 4.69) is 12.1 Å². The third kappa shape index (κ3) is 3.45. The Labute approximate surface area is 133 Å². The summed E-state index contributed by atoms with van der Waals surface area (Å²) in [5.74, 6) is -0.228.